The number of rotatable bonds is 5. The summed E-state index contributed by atoms with van der Waals surface area (Å²) in [6, 6.07) is -2.83. The van der Waals surface area contributed by atoms with Crippen molar-refractivity contribution in [2.24, 2.45) is 5.73 Å². The van der Waals surface area contributed by atoms with Gasteiger partial charge in [0, 0.05) is 6.54 Å². The number of aliphatic carboxylic acids is 1. The number of nitrogens with zero attached hydrogens (tertiary/aromatic N) is 3. The lowest BCUT2D eigenvalue weighted by atomic mass is 10.2. The summed E-state index contributed by atoms with van der Waals surface area (Å²) in [7, 11) is 0. The molecule has 1 aromatic heterocycles. The molecule has 1 aliphatic heterocycles. The summed E-state index contributed by atoms with van der Waals surface area (Å²) in [4.78, 5) is 24.5. The number of nitrogens with one attached hydrogen (secondary N) is 1. The molecule has 0 spiro atoms. The second-order valence-electron chi connectivity index (χ2n) is 5.14. The minimum Gasteiger partial charge on any atom is -0.480 e. The van der Waals surface area contributed by atoms with E-state index in [9.17, 15) is 14.7 Å². The smallest absolute Gasteiger partial charge is 0.326 e. The molecule has 0 radical (unpaired) electrons. The van der Waals surface area contributed by atoms with Gasteiger partial charge in [-0.25, -0.2) is 9.59 Å². The molecule has 2 amide bonds. The molecular weight excluding hydrogens is 294 g/mol. The van der Waals surface area contributed by atoms with E-state index in [4.69, 9.17) is 15.3 Å². The molecule has 2 heterocycles. The summed E-state index contributed by atoms with van der Waals surface area (Å²) in [5, 5.41) is 28.4. The summed E-state index contributed by atoms with van der Waals surface area (Å²) < 4.78 is 5.28. The minimum atomic E-state index is -1.05. The van der Waals surface area contributed by atoms with Crippen LogP contribution in [0.3, 0.4) is 0 Å². The predicted molar refractivity (Wildman–Crippen MR) is 72.6 cm³/mol. The van der Waals surface area contributed by atoms with Crippen LogP contribution >= 0.6 is 0 Å². The van der Waals surface area contributed by atoms with Gasteiger partial charge in [0.1, 0.15) is 12.1 Å². The van der Waals surface area contributed by atoms with E-state index in [1.54, 1.807) is 6.92 Å². The van der Waals surface area contributed by atoms with Crippen molar-refractivity contribution >= 4 is 12.0 Å². The average Bonchev–Trinajstić information content (AvgIpc) is 3.12. The third-order valence-electron chi connectivity index (χ3n) is 3.42. The van der Waals surface area contributed by atoms with Crippen LogP contribution in [0.15, 0.2) is 4.42 Å². The first-order valence-electron chi connectivity index (χ1n) is 6.93. The number of carboxylic acid groups (broad SMARTS) is 1. The van der Waals surface area contributed by atoms with E-state index in [-0.39, 0.29) is 11.8 Å². The Labute approximate surface area is 126 Å². The molecule has 122 valence electrons. The molecular formula is C12H19N5O5. The van der Waals surface area contributed by atoms with Crippen LogP contribution in [0.1, 0.15) is 43.6 Å². The number of nitrogens with two attached hydrogens (primary N) is 1. The van der Waals surface area contributed by atoms with Gasteiger partial charge in [-0.1, -0.05) is 0 Å². The SMILES string of the molecule is C[C@H](N)c1nnc([C@H](CO)NC(=O)N2CCC[C@H]2C(=O)O)o1. The standard InChI is InChI=1S/C12H19N5O5/c1-6(13)9-15-16-10(22-9)7(5-18)14-12(21)17-4-2-3-8(17)11(19)20/h6-8,18H,2-5,13H2,1H3,(H,14,21)(H,19,20)/t6-,7-,8-/m0/s1. The molecule has 10 nitrogen and oxygen atoms in total. The monoisotopic (exact) mass is 313 g/mol. The molecule has 10 heteroatoms. The van der Waals surface area contributed by atoms with E-state index in [1.807, 2.05) is 0 Å². The molecule has 22 heavy (non-hydrogen) atoms. The van der Waals surface area contributed by atoms with Crippen LogP contribution in [-0.4, -0.2) is 56.5 Å². The number of aliphatic hydroxyl groups is 1. The van der Waals surface area contributed by atoms with Gasteiger partial charge >= 0.3 is 12.0 Å². The molecule has 0 aliphatic carbocycles. The summed E-state index contributed by atoms with van der Waals surface area (Å²) in [6.45, 7) is 1.54. The lowest BCUT2D eigenvalue weighted by molar-refractivity contribution is -0.141. The third-order valence-corrected chi connectivity index (χ3v) is 3.42. The van der Waals surface area contributed by atoms with Crippen LogP contribution in [0.25, 0.3) is 0 Å². The molecule has 0 bridgehead atoms. The van der Waals surface area contributed by atoms with Crippen LogP contribution in [0.4, 0.5) is 4.79 Å². The summed E-state index contributed by atoms with van der Waals surface area (Å²) in [5.74, 6) is -0.841. The van der Waals surface area contributed by atoms with Crippen molar-refractivity contribution in [3.63, 3.8) is 0 Å². The van der Waals surface area contributed by atoms with Crippen LogP contribution in [0.5, 0.6) is 0 Å². The highest BCUT2D eigenvalue weighted by molar-refractivity contribution is 5.83. The van der Waals surface area contributed by atoms with E-state index in [1.165, 1.54) is 4.90 Å². The molecule has 1 aliphatic rings. The summed E-state index contributed by atoms with van der Waals surface area (Å²) in [5.41, 5.74) is 5.60. The number of carboxylic acids is 1. The van der Waals surface area contributed by atoms with Gasteiger partial charge in [-0.2, -0.15) is 0 Å². The molecule has 1 aromatic rings. The van der Waals surface area contributed by atoms with Crippen LogP contribution in [-0.2, 0) is 4.79 Å². The van der Waals surface area contributed by atoms with Gasteiger partial charge in [-0.3, -0.25) is 0 Å². The van der Waals surface area contributed by atoms with Crippen molar-refractivity contribution < 1.29 is 24.2 Å². The Morgan fingerprint density at radius 2 is 2.18 bits per heavy atom. The molecule has 0 unspecified atom stereocenters. The average molecular weight is 313 g/mol. The number of hydrogen-bond donors (Lipinski definition) is 4. The second-order valence-corrected chi connectivity index (χ2v) is 5.14. The van der Waals surface area contributed by atoms with E-state index < -0.39 is 36.7 Å². The zero-order valence-electron chi connectivity index (χ0n) is 12.1. The molecule has 3 atom stereocenters. The largest absolute Gasteiger partial charge is 0.480 e. The van der Waals surface area contributed by atoms with E-state index >= 15 is 0 Å². The third kappa shape index (κ3) is 3.34. The van der Waals surface area contributed by atoms with Crippen molar-refractivity contribution in [3.05, 3.63) is 11.8 Å². The zero-order valence-corrected chi connectivity index (χ0v) is 12.1. The van der Waals surface area contributed by atoms with Crippen LogP contribution in [0, 0.1) is 0 Å². The second kappa shape index (κ2) is 6.71. The van der Waals surface area contributed by atoms with Crippen molar-refractivity contribution in [1.82, 2.24) is 20.4 Å². The highest BCUT2D eigenvalue weighted by Gasteiger charge is 2.35. The predicted octanol–water partition coefficient (Wildman–Crippen LogP) is -0.619. The first-order chi connectivity index (χ1) is 10.4. The number of hydrogen-bond acceptors (Lipinski definition) is 7. The molecule has 0 saturated carbocycles. The number of amides is 2. The molecule has 5 N–H and O–H groups in total. The van der Waals surface area contributed by atoms with Crippen LogP contribution < -0.4 is 11.1 Å². The number of likely N-dealkylation sites (tertiary alicyclic amines) is 1. The molecule has 1 fully saturated rings. The van der Waals surface area contributed by atoms with Gasteiger partial charge in [-0.15, -0.1) is 10.2 Å². The first kappa shape index (κ1) is 16.2. The maximum atomic E-state index is 12.2. The topological polar surface area (TPSA) is 155 Å². The Hall–Kier alpha value is -2.20. The van der Waals surface area contributed by atoms with Crippen molar-refractivity contribution in [1.29, 1.82) is 0 Å². The van der Waals surface area contributed by atoms with Crippen molar-refractivity contribution in [2.45, 2.75) is 37.9 Å². The summed E-state index contributed by atoms with van der Waals surface area (Å²) >= 11 is 0. The van der Waals surface area contributed by atoms with Gasteiger partial charge < -0.3 is 30.6 Å². The van der Waals surface area contributed by atoms with E-state index in [0.717, 1.165) is 0 Å². The molecule has 0 aromatic carbocycles. The lowest BCUT2D eigenvalue weighted by Gasteiger charge is -2.23. The zero-order chi connectivity index (χ0) is 16.3. The molecule has 1 saturated heterocycles. The minimum absolute atomic E-state index is 0.0224. The Kier molecular flexibility index (Phi) is 4.93. The number of aromatic nitrogens is 2. The quantitative estimate of drug-likeness (QED) is 0.560. The Balaban J connectivity index is 2.05. The van der Waals surface area contributed by atoms with Crippen molar-refractivity contribution in [2.75, 3.05) is 13.2 Å². The van der Waals surface area contributed by atoms with E-state index in [2.05, 4.69) is 15.5 Å². The Bertz CT molecular complexity index is 546. The fourth-order valence-corrected chi connectivity index (χ4v) is 2.26. The highest BCUT2D eigenvalue weighted by Crippen LogP contribution is 2.19. The van der Waals surface area contributed by atoms with Gasteiger partial charge in [0.25, 0.3) is 0 Å². The van der Waals surface area contributed by atoms with Crippen molar-refractivity contribution in [3.8, 4) is 0 Å². The number of carbonyl (C=O) groups is 2. The van der Waals surface area contributed by atoms with Gasteiger partial charge in [-0.05, 0) is 19.8 Å². The van der Waals surface area contributed by atoms with Crippen LogP contribution in [0.2, 0.25) is 0 Å². The van der Waals surface area contributed by atoms with E-state index in [0.29, 0.717) is 19.4 Å². The molecule has 2 rings (SSSR count). The van der Waals surface area contributed by atoms with Gasteiger partial charge in [0.2, 0.25) is 11.8 Å². The first-order valence-corrected chi connectivity index (χ1v) is 6.93. The highest BCUT2D eigenvalue weighted by atomic mass is 16.4. The fourth-order valence-electron chi connectivity index (χ4n) is 2.26. The maximum absolute atomic E-state index is 12.2. The van der Waals surface area contributed by atoms with Gasteiger partial charge in [0.05, 0.1) is 12.6 Å². The Morgan fingerprint density at radius 3 is 2.73 bits per heavy atom. The Morgan fingerprint density at radius 1 is 1.50 bits per heavy atom. The van der Waals surface area contributed by atoms with Gasteiger partial charge in [0.15, 0.2) is 0 Å². The fraction of sp³-hybridized carbons (Fsp3) is 0.667. The summed E-state index contributed by atoms with van der Waals surface area (Å²) in [6.07, 6.45) is 1.02. The number of carbonyl (C=O) groups excluding carboxylic acids is 1. The maximum Gasteiger partial charge on any atom is 0.326 e. The lowest BCUT2D eigenvalue weighted by Crippen LogP contribution is -2.47. The number of aliphatic hydroxyl groups excluding tert-OH is 1. The number of urea groups is 1. The normalized spacial score (nSPS) is 20.7.